The molecule has 2 aliphatic rings. The lowest BCUT2D eigenvalue weighted by Gasteiger charge is -2.46. The zero-order valence-electron chi connectivity index (χ0n) is 20.2. The largest absolute Gasteiger partial charge is 0.496 e. The Bertz CT molecular complexity index is 1050. The smallest absolute Gasteiger partial charge is 0.410 e. The standard InChI is InChI=1S/C26H35N3O4/c1-25(2,3)33-24(31)28-14-11-19(26(17-28)12-7-8-13-26)16-29-18-27-21(15-23(29)30)20-9-5-6-10-22(20)32-4/h5-6,9-10,15,18-19H,7-8,11-14,16-17H2,1-4H3. The average molecular weight is 454 g/mol. The second kappa shape index (κ2) is 9.20. The maximum atomic E-state index is 13.0. The summed E-state index contributed by atoms with van der Waals surface area (Å²) in [5.74, 6) is 1.02. The van der Waals surface area contributed by atoms with E-state index in [4.69, 9.17) is 9.47 Å². The van der Waals surface area contributed by atoms with Gasteiger partial charge in [-0.05, 0) is 63.5 Å². The van der Waals surface area contributed by atoms with Gasteiger partial charge in [-0.3, -0.25) is 9.36 Å². The minimum Gasteiger partial charge on any atom is -0.496 e. The first-order chi connectivity index (χ1) is 15.7. The summed E-state index contributed by atoms with van der Waals surface area (Å²) < 4.78 is 12.8. The molecule has 1 aromatic heterocycles. The first-order valence-electron chi connectivity index (χ1n) is 11.9. The molecule has 1 unspecified atom stereocenters. The van der Waals surface area contributed by atoms with Gasteiger partial charge in [0.1, 0.15) is 11.4 Å². The molecule has 1 aliphatic carbocycles. The van der Waals surface area contributed by atoms with Crippen LogP contribution in [0.15, 0.2) is 41.5 Å². The highest BCUT2D eigenvalue weighted by molar-refractivity contribution is 5.68. The predicted molar refractivity (Wildman–Crippen MR) is 127 cm³/mol. The molecule has 7 nitrogen and oxygen atoms in total. The number of amides is 1. The molecule has 2 fully saturated rings. The van der Waals surface area contributed by atoms with E-state index in [0.29, 0.717) is 37.0 Å². The van der Waals surface area contributed by atoms with Crippen LogP contribution in [0.5, 0.6) is 5.75 Å². The molecule has 2 aromatic rings. The van der Waals surface area contributed by atoms with Gasteiger partial charge in [0.05, 0.1) is 19.1 Å². The third-order valence-corrected chi connectivity index (χ3v) is 7.05. The van der Waals surface area contributed by atoms with Gasteiger partial charge in [-0.2, -0.15) is 0 Å². The SMILES string of the molecule is COc1ccccc1-c1cc(=O)n(CC2CCN(C(=O)OC(C)(C)C)CC23CCCC3)cn1. The molecule has 2 heterocycles. The molecule has 1 aliphatic heterocycles. The molecule has 1 aromatic carbocycles. The third-order valence-electron chi connectivity index (χ3n) is 7.05. The van der Waals surface area contributed by atoms with Crippen LogP contribution in [0, 0.1) is 11.3 Å². The monoisotopic (exact) mass is 453 g/mol. The number of ether oxygens (including phenoxy) is 2. The molecule has 178 valence electrons. The summed E-state index contributed by atoms with van der Waals surface area (Å²) >= 11 is 0. The van der Waals surface area contributed by atoms with Crippen molar-refractivity contribution in [1.29, 1.82) is 0 Å². The molecule has 7 heteroatoms. The van der Waals surface area contributed by atoms with E-state index in [1.807, 2.05) is 49.9 Å². The van der Waals surface area contributed by atoms with E-state index < -0.39 is 5.60 Å². The molecule has 1 spiro atoms. The maximum absolute atomic E-state index is 13.0. The normalized spacial score (nSPS) is 20.1. The Labute approximate surface area is 195 Å². The van der Waals surface area contributed by atoms with Gasteiger partial charge in [0.2, 0.25) is 0 Å². The molecule has 0 radical (unpaired) electrons. The predicted octanol–water partition coefficient (Wildman–Crippen LogP) is 4.74. The molecule has 1 saturated heterocycles. The summed E-state index contributed by atoms with van der Waals surface area (Å²) in [5, 5.41) is 0. The first kappa shape index (κ1) is 23.3. The number of piperidine rings is 1. The van der Waals surface area contributed by atoms with Crippen molar-refractivity contribution in [3.8, 4) is 17.0 Å². The van der Waals surface area contributed by atoms with Crippen molar-refractivity contribution in [1.82, 2.24) is 14.5 Å². The van der Waals surface area contributed by atoms with Crippen LogP contribution in [0.2, 0.25) is 0 Å². The van der Waals surface area contributed by atoms with E-state index in [0.717, 1.165) is 24.8 Å². The third kappa shape index (κ3) is 5.07. The van der Waals surface area contributed by atoms with Crippen LogP contribution in [0.3, 0.4) is 0 Å². The van der Waals surface area contributed by atoms with Crippen LogP contribution in [0.4, 0.5) is 4.79 Å². The number of benzene rings is 1. The Balaban J connectivity index is 1.53. The second-order valence-electron chi connectivity index (χ2n) is 10.4. The Morgan fingerprint density at radius 2 is 1.94 bits per heavy atom. The van der Waals surface area contributed by atoms with Crippen molar-refractivity contribution in [2.75, 3.05) is 20.2 Å². The van der Waals surface area contributed by atoms with Crippen molar-refractivity contribution in [2.45, 2.75) is 65.0 Å². The van der Waals surface area contributed by atoms with Gasteiger partial charge < -0.3 is 14.4 Å². The molecule has 0 bridgehead atoms. The Hall–Kier alpha value is -2.83. The fourth-order valence-electron chi connectivity index (χ4n) is 5.42. The number of para-hydroxylation sites is 1. The van der Waals surface area contributed by atoms with E-state index in [-0.39, 0.29) is 17.1 Å². The van der Waals surface area contributed by atoms with Crippen LogP contribution < -0.4 is 10.3 Å². The quantitative estimate of drug-likeness (QED) is 0.669. The molecule has 0 N–H and O–H groups in total. The molecule has 1 saturated carbocycles. The Morgan fingerprint density at radius 3 is 2.61 bits per heavy atom. The van der Waals surface area contributed by atoms with Gasteiger partial charge >= 0.3 is 6.09 Å². The number of rotatable bonds is 4. The van der Waals surface area contributed by atoms with Crippen molar-refractivity contribution in [3.05, 3.63) is 47.0 Å². The molecular formula is C26H35N3O4. The summed E-state index contributed by atoms with van der Waals surface area (Å²) in [6.45, 7) is 7.68. The summed E-state index contributed by atoms with van der Waals surface area (Å²) in [6.07, 6.45) is 6.79. The van der Waals surface area contributed by atoms with E-state index in [9.17, 15) is 9.59 Å². The number of carbonyl (C=O) groups is 1. The highest BCUT2D eigenvalue weighted by Gasteiger charge is 2.46. The molecule has 1 amide bonds. The second-order valence-corrected chi connectivity index (χ2v) is 10.4. The lowest BCUT2D eigenvalue weighted by molar-refractivity contribution is -0.0156. The van der Waals surface area contributed by atoms with Crippen LogP contribution in [0.1, 0.15) is 52.9 Å². The van der Waals surface area contributed by atoms with Crippen LogP contribution >= 0.6 is 0 Å². The van der Waals surface area contributed by atoms with Crippen molar-refractivity contribution >= 4 is 6.09 Å². The zero-order valence-corrected chi connectivity index (χ0v) is 20.2. The van der Waals surface area contributed by atoms with Gasteiger partial charge in [-0.25, -0.2) is 9.78 Å². The topological polar surface area (TPSA) is 73.7 Å². The van der Waals surface area contributed by atoms with Crippen LogP contribution in [-0.4, -0.2) is 46.3 Å². The number of aromatic nitrogens is 2. The molecule has 4 rings (SSSR count). The summed E-state index contributed by atoms with van der Waals surface area (Å²) in [6, 6.07) is 9.17. The van der Waals surface area contributed by atoms with Crippen molar-refractivity contribution in [3.63, 3.8) is 0 Å². The van der Waals surface area contributed by atoms with Crippen molar-refractivity contribution in [2.24, 2.45) is 11.3 Å². The fraction of sp³-hybridized carbons (Fsp3) is 0.577. The van der Waals surface area contributed by atoms with E-state index in [2.05, 4.69) is 4.98 Å². The summed E-state index contributed by atoms with van der Waals surface area (Å²) in [4.78, 5) is 32.2. The number of likely N-dealkylation sites (tertiary alicyclic amines) is 1. The van der Waals surface area contributed by atoms with Gasteiger partial charge in [0, 0.05) is 31.3 Å². The Kier molecular flexibility index (Phi) is 6.50. The average Bonchev–Trinajstić information content (AvgIpc) is 3.24. The number of hydrogen-bond acceptors (Lipinski definition) is 5. The zero-order chi connectivity index (χ0) is 23.6. The number of methoxy groups -OCH3 is 1. The Morgan fingerprint density at radius 1 is 1.21 bits per heavy atom. The molecular weight excluding hydrogens is 418 g/mol. The molecule has 1 atom stereocenters. The van der Waals surface area contributed by atoms with E-state index in [1.165, 1.54) is 12.8 Å². The van der Waals surface area contributed by atoms with E-state index in [1.54, 1.807) is 24.1 Å². The van der Waals surface area contributed by atoms with E-state index >= 15 is 0 Å². The van der Waals surface area contributed by atoms with Crippen molar-refractivity contribution < 1.29 is 14.3 Å². The first-order valence-corrected chi connectivity index (χ1v) is 11.9. The molecule has 33 heavy (non-hydrogen) atoms. The van der Waals surface area contributed by atoms with Gasteiger partial charge in [-0.15, -0.1) is 0 Å². The lowest BCUT2D eigenvalue weighted by atomic mass is 9.69. The fourth-order valence-corrected chi connectivity index (χ4v) is 5.42. The highest BCUT2D eigenvalue weighted by Crippen LogP contribution is 2.49. The van der Waals surface area contributed by atoms with Crippen LogP contribution in [-0.2, 0) is 11.3 Å². The minimum atomic E-state index is -0.501. The number of carbonyl (C=O) groups excluding carboxylic acids is 1. The summed E-state index contributed by atoms with van der Waals surface area (Å²) in [7, 11) is 1.62. The van der Waals surface area contributed by atoms with Gasteiger partial charge in [0.15, 0.2) is 0 Å². The lowest BCUT2D eigenvalue weighted by Crippen LogP contribution is -2.52. The minimum absolute atomic E-state index is 0.0376. The summed E-state index contributed by atoms with van der Waals surface area (Å²) in [5.41, 5.74) is 0.898. The maximum Gasteiger partial charge on any atom is 0.410 e. The van der Waals surface area contributed by atoms with Gasteiger partial charge in [0.25, 0.3) is 5.56 Å². The van der Waals surface area contributed by atoms with Crippen LogP contribution in [0.25, 0.3) is 11.3 Å². The number of hydrogen-bond donors (Lipinski definition) is 0. The van der Waals surface area contributed by atoms with Gasteiger partial charge in [-0.1, -0.05) is 25.0 Å². The number of nitrogens with zero attached hydrogens (tertiary/aromatic N) is 3. The highest BCUT2D eigenvalue weighted by atomic mass is 16.6.